The Morgan fingerprint density at radius 2 is 1.67 bits per heavy atom. The zero-order valence-corrected chi connectivity index (χ0v) is 22.3. The molecular weight excluding hydrogens is 470 g/mol. The van der Waals surface area contributed by atoms with Gasteiger partial charge < -0.3 is 28.4 Å². The highest BCUT2D eigenvalue weighted by Gasteiger charge is 2.68. The predicted molar refractivity (Wildman–Crippen MR) is 124 cm³/mol. The number of ether oxygens (including phenoxy) is 7. The third-order valence-electron chi connectivity index (χ3n) is 8.13. The van der Waals surface area contributed by atoms with E-state index in [1.165, 1.54) is 0 Å². The zero-order valence-electron chi connectivity index (χ0n) is 22.3. The highest BCUT2D eigenvalue weighted by molar-refractivity contribution is 5.80. The monoisotopic (exact) mass is 511 g/mol. The molecule has 1 saturated carbocycles. The summed E-state index contributed by atoms with van der Waals surface area (Å²) < 4.78 is 43.6. The summed E-state index contributed by atoms with van der Waals surface area (Å²) in [5.74, 6) is -3.90. The van der Waals surface area contributed by atoms with Gasteiger partial charge in [-0.2, -0.15) is 5.06 Å². The summed E-state index contributed by atoms with van der Waals surface area (Å²) in [6.45, 7) is 12.3. The fraction of sp³-hybridized carbons (Fsp3) is 0.962. The largest absolute Gasteiger partial charge is 0.429 e. The first-order valence-corrected chi connectivity index (χ1v) is 13.6. The Kier molecular flexibility index (Phi) is 6.06. The van der Waals surface area contributed by atoms with Gasteiger partial charge in [0.15, 0.2) is 17.8 Å². The molecule has 0 radical (unpaired) electrons. The average Bonchev–Trinajstić information content (AvgIpc) is 3.52. The first kappa shape index (κ1) is 25.4. The van der Waals surface area contributed by atoms with Gasteiger partial charge in [0.25, 0.3) is 5.79 Å². The van der Waals surface area contributed by atoms with Gasteiger partial charge in [-0.1, -0.05) is 20.3 Å². The normalized spacial score (nSPS) is 45.2. The van der Waals surface area contributed by atoms with E-state index < -0.39 is 47.6 Å². The van der Waals surface area contributed by atoms with Crippen molar-refractivity contribution in [3.63, 3.8) is 0 Å². The van der Waals surface area contributed by atoms with Crippen LogP contribution in [0.15, 0.2) is 0 Å². The summed E-state index contributed by atoms with van der Waals surface area (Å²) >= 11 is 0. The molecule has 0 unspecified atom stereocenters. The molecular formula is C26H41NO9. The van der Waals surface area contributed by atoms with Gasteiger partial charge in [-0.3, -0.25) is 4.74 Å². The smallest absolute Gasteiger partial charge is 0.371 e. The van der Waals surface area contributed by atoms with Crippen molar-refractivity contribution in [2.24, 2.45) is 5.92 Å². The Morgan fingerprint density at radius 3 is 2.33 bits per heavy atom. The summed E-state index contributed by atoms with van der Waals surface area (Å²) in [5, 5.41) is 1.80. The van der Waals surface area contributed by atoms with Crippen molar-refractivity contribution in [1.82, 2.24) is 5.06 Å². The highest BCUT2D eigenvalue weighted by atomic mass is 16.9. The van der Waals surface area contributed by atoms with Crippen LogP contribution in [0.2, 0.25) is 0 Å². The van der Waals surface area contributed by atoms with Crippen molar-refractivity contribution >= 4 is 5.97 Å². The van der Waals surface area contributed by atoms with Crippen LogP contribution in [0.5, 0.6) is 0 Å². The van der Waals surface area contributed by atoms with E-state index in [1.807, 2.05) is 27.7 Å². The second kappa shape index (κ2) is 8.58. The zero-order chi connectivity index (χ0) is 25.5. The minimum Gasteiger partial charge on any atom is -0.429 e. The molecule has 6 aliphatic rings. The van der Waals surface area contributed by atoms with Crippen LogP contribution in [-0.2, 0) is 42.8 Å². The van der Waals surface area contributed by atoms with Gasteiger partial charge in [0.1, 0.15) is 24.4 Å². The first-order chi connectivity index (χ1) is 16.9. The van der Waals surface area contributed by atoms with E-state index >= 15 is 0 Å². The number of carbonyl (C=O) groups is 1. The highest BCUT2D eigenvalue weighted by Crippen LogP contribution is 2.52. The van der Waals surface area contributed by atoms with Crippen LogP contribution >= 0.6 is 0 Å². The Morgan fingerprint density at radius 1 is 0.944 bits per heavy atom. The second-order valence-electron chi connectivity index (χ2n) is 12.6. The molecule has 0 amide bonds. The molecule has 6 rings (SSSR count). The molecule has 0 bridgehead atoms. The molecule has 10 nitrogen and oxygen atoms in total. The number of hydrogen-bond donors (Lipinski definition) is 0. The van der Waals surface area contributed by atoms with Crippen LogP contribution in [0.4, 0.5) is 0 Å². The summed E-state index contributed by atoms with van der Waals surface area (Å²) in [6.07, 6.45) is 3.53. The molecule has 7 atom stereocenters. The average molecular weight is 512 g/mol. The third kappa shape index (κ3) is 4.31. The molecule has 0 N–H and O–H groups in total. The van der Waals surface area contributed by atoms with Crippen molar-refractivity contribution < 1.29 is 42.8 Å². The lowest BCUT2D eigenvalue weighted by molar-refractivity contribution is -0.355. The first-order valence-electron chi connectivity index (χ1n) is 13.6. The molecule has 6 fully saturated rings. The molecule has 36 heavy (non-hydrogen) atoms. The van der Waals surface area contributed by atoms with E-state index in [0.29, 0.717) is 31.8 Å². The van der Waals surface area contributed by atoms with Gasteiger partial charge in [0.05, 0.1) is 6.61 Å². The lowest BCUT2D eigenvalue weighted by Crippen LogP contribution is -2.48. The Labute approximate surface area is 213 Å². The number of esters is 1. The maximum absolute atomic E-state index is 13.3. The van der Waals surface area contributed by atoms with E-state index in [1.54, 1.807) is 5.06 Å². The summed E-state index contributed by atoms with van der Waals surface area (Å²) in [6, 6.07) is -0.120. The van der Waals surface area contributed by atoms with E-state index in [4.69, 9.17) is 38.0 Å². The summed E-state index contributed by atoms with van der Waals surface area (Å²) in [4.78, 5) is 19.8. The van der Waals surface area contributed by atoms with Crippen molar-refractivity contribution in [2.45, 2.75) is 146 Å². The van der Waals surface area contributed by atoms with Crippen LogP contribution in [-0.4, -0.2) is 77.5 Å². The molecule has 2 spiro atoms. The quantitative estimate of drug-likeness (QED) is 0.523. The lowest BCUT2D eigenvalue weighted by atomic mass is 9.94. The van der Waals surface area contributed by atoms with Crippen molar-refractivity contribution in [2.75, 3.05) is 6.61 Å². The number of hydrogen-bond acceptors (Lipinski definition) is 10. The van der Waals surface area contributed by atoms with Crippen molar-refractivity contribution in [1.29, 1.82) is 0 Å². The number of fused-ring (bicyclic) bond motifs is 1. The minimum absolute atomic E-state index is 0.120. The molecule has 5 saturated heterocycles. The van der Waals surface area contributed by atoms with Crippen LogP contribution < -0.4 is 0 Å². The fourth-order valence-electron chi connectivity index (χ4n) is 6.75. The lowest BCUT2D eigenvalue weighted by Gasteiger charge is -2.34. The Bertz CT molecular complexity index is 871. The maximum atomic E-state index is 13.3. The molecule has 5 heterocycles. The van der Waals surface area contributed by atoms with Gasteiger partial charge in [-0.05, 0) is 52.9 Å². The van der Waals surface area contributed by atoms with Crippen LogP contribution in [0, 0.1) is 5.92 Å². The number of hydroxylamine groups is 2. The van der Waals surface area contributed by atoms with Gasteiger partial charge in [-0.25, -0.2) is 9.63 Å². The van der Waals surface area contributed by atoms with E-state index in [0.717, 1.165) is 25.7 Å². The molecule has 204 valence electrons. The number of rotatable bonds is 4. The SMILES string of the molecule is CC(C)C[C@@H]1C[C@@]2(ON1[C@H]1O[C@H]([C@@H]3COC(C)(C)O3)[C@@H]3OC(C)(C)O[C@@H]31)OC1(CCCCC1)OC2=O. The van der Waals surface area contributed by atoms with E-state index in [9.17, 15) is 4.79 Å². The standard InChI is InChI=1S/C26H41NO9/c1-15(2)12-16-13-26(22(28)34-25(35-26)10-8-7-9-11-25)36-27(16)21-20-19(32-24(5,6)33-20)18(30-21)17-14-29-23(3,4)31-17/h15-21H,7-14H2,1-6H3/t16-,17+,18-,19+,20+,21+,26+/m1/s1. The fourth-order valence-corrected chi connectivity index (χ4v) is 6.75. The van der Waals surface area contributed by atoms with Crippen LogP contribution in [0.1, 0.15) is 86.5 Å². The molecule has 0 aromatic heterocycles. The van der Waals surface area contributed by atoms with Gasteiger partial charge in [0, 0.05) is 25.3 Å². The Balaban J connectivity index is 1.28. The van der Waals surface area contributed by atoms with Crippen molar-refractivity contribution in [3.05, 3.63) is 0 Å². The van der Waals surface area contributed by atoms with Gasteiger partial charge in [0.2, 0.25) is 5.79 Å². The predicted octanol–water partition coefficient (Wildman–Crippen LogP) is 3.37. The molecule has 5 aliphatic heterocycles. The van der Waals surface area contributed by atoms with E-state index in [2.05, 4.69) is 13.8 Å². The number of nitrogens with zero attached hydrogens (tertiary/aromatic N) is 1. The van der Waals surface area contributed by atoms with Gasteiger partial charge >= 0.3 is 5.97 Å². The molecule has 1 aliphatic carbocycles. The van der Waals surface area contributed by atoms with E-state index in [-0.39, 0.29) is 18.2 Å². The Hall–Kier alpha value is -0.850. The topological polar surface area (TPSA) is 94.2 Å². The van der Waals surface area contributed by atoms with Crippen LogP contribution in [0.3, 0.4) is 0 Å². The van der Waals surface area contributed by atoms with Crippen molar-refractivity contribution in [3.8, 4) is 0 Å². The van der Waals surface area contributed by atoms with Crippen LogP contribution in [0.25, 0.3) is 0 Å². The molecule has 10 heteroatoms. The molecule has 0 aromatic carbocycles. The third-order valence-corrected chi connectivity index (χ3v) is 8.13. The second-order valence-corrected chi connectivity index (χ2v) is 12.6. The number of carbonyl (C=O) groups excluding carboxylic acids is 1. The maximum Gasteiger partial charge on any atom is 0.371 e. The summed E-state index contributed by atoms with van der Waals surface area (Å²) in [5.41, 5.74) is 0. The van der Waals surface area contributed by atoms with Gasteiger partial charge in [-0.15, -0.1) is 0 Å². The summed E-state index contributed by atoms with van der Waals surface area (Å²) in [7, 11) is 0. The molecule has 0 aromatic rings. The minimum atomic E-state index is -1.46.